The number of nitrogens with one attached hydrogen (secondary N) is 1. The van der Waals surface area contributed by atoms with E-state index in [2.05, 4.69) is 26.1 Å². The van der Waals surface area contributed by atoms with Crippen molar-refractivity contribution in [1.29, 1.82) is 0 Å². The van der Waals surface area contributed by atoms with E-state index >= 15 is 0 Å². The van der Waals surface area contributed by atoms with Crippen LogP contribution < -0.4 is 10.1 Å². The van der Waals surface area contributed by atoms with Crippen molar-refractivity contribution < 1.29 is 19.4 Å². The zero-order valence-corrected chi connectivity index (χ0v) is 14.7. The van der Waals surface area contributed by atoms with Crippen molar-refractivity contribution >= 4 is 17.6 Å². The second-order valence-electron chi connectivity index (χ2n) is 6.48. The molecule has 2 aromatic rings. The number of amides is 1. The van der Waals surface area contributed by atoms with Crippen molar-refractivity contribution in [1.82, 2.24) is 0 Å². The maximum atomic E-state index is 12.0. The molecule has 132 valence electrons. The summed E-state index contributed by atoms with van der Waals surface area (Å²) in [6.07, 6.45) is 1.03. The summed E-state index contributed by atoms with van der Waals surface area (Å²) >= 11 is 0. The molecule has 0 saturated carbocycles. The average molecular weight is 341 g/mol. The van der Waals surface area contributed by atoms with Crippen LogP contribution in [0.5, 0.6) is 5.75 Å². The first-order chi connectivity index (χ1) is 11.8. The first-order valence-electron chi connectivity index (χ1n) is 8.18. The number of rotatable bonds is 7. The average Bonchev–Trinajstić information content (AvgIpc) is 2.60. The van der Waals surface area contributed by atoms with Gasteiger partial charge in [0.25, 0.3) is 5.91 Å². The predicted molar refractivity (Wildman–Crippen MR) is 97.3 cm³/mol. The third kappa shape index (κ3) is 5.08. The number of carbonyl (C=O) groups excluding carboxylic acids is 1. The Morgan fingerprint density at radius 2 is 1.80 bits per heavy atom. The van der Waals surface area contributed by atoms with E-state index in [1.54, 1.807) is 12.1 Å². The number of carbonyl (C=O) groups is 2. The van der Waals surface area contributed by atoms with Gasteiger partial charge >= 0.3 is 5.97 Å². The van der Waals surface area contributed by atoms with E-state index in [1.807, 2.05) is 24.3 Å². The van der Waals surface area contributed by atoms with Gasteiger partial charge in [0, 0.05) is 5.69 Å². The summed E-state index contributed by atoms with van der Waals surface area (Å²) in [4.78, 5) is 22.9. The quantitative estimate of drug-likeness (QED) is 0.795. The first kappa shape index (κ1) is 18.5. The van der Waals surface area contributed by atoms with Crippen LogP contribution in [-0.4, -0.2) is 23.6 Å². The summed E-state index contributed by atoms with van der Waals surface area (Å²) in [6, 6.07) is 13.8. The lowest BCUT2D eigenvalue weighted by atomic mass is 9.82. The van der Waals surface area contributed by atoms with Crippen LogP contribution >= 0.6 is 0 Å². The SMILES string of the molecule is CCC(C)(C)c1ccc(OCC(=O)Nc2cccc(C(=O)O)c2)cc1. The lowest BCUT2D eigenvalue weighted by Crippen LogP contribution is -2.20. The van der Waals surface area contributed by atoms with Gasteiger partial charge in [-0.2, -0.15) is 0 Å². The van der Waals surface area contributed by atoms with E-state index in [0.717, 1.165) is 6.42 Å². The van der Waals surface area contributed by atoms with Crippen LogP contribution in [0.1, 0.15) is 43.1 Å². The first-order valence-corrected chi connectivity index (χ1v) is 8.18. The Kier molecular flexibility index (Phi) is 5.80. The van der Waals surface area contributed by atoms with Crippen molar-refractivity contribution in [3.63, 3.8) is 0 Å². The molecule has 0 aliphatic rings. The maximum Gasteiger partial charge on any atom is 0.335 e. The Morgan fingerprint density at radius 1 is 1.12 bits per heavy atom. The number of carboxylic acid groups (broad SMARTS) is 1. The molecule has 0 saturated heterocycles. The second kappa shape index (κ2) is 7.83. The van der Waals surface area contributed by atoms with Crippen molar-refractivity contribution in [3.05, 3.63) is 59.7 Å². The van der Waals surface area contributed by atoms with Gasteiger partial charge in [-0.05, 0) is 47.7 Å². The zero-order valence-electron chi connectivity index (χ0n) is 14.7. The fourth-order valence-corrected chi connectivity index (χ4v) is 2.28. The van der Waals surface area contributed by atoms with Crippen LogP contribution in [0.4, 0.5) is 5.69 Å². The summed E-state index contributed by atoms with van der Waals surface area (Å²) in [5.41, 5.74) is 1.86. The minimum atomic E-state index is -1.04. The zero-order chi connectivity index (χ0) is 18.4. The monoisotopic (exact) mass is 341 g/mol. The normalized spacial score (nSPS) is 11.0. The molecule has 5 heteroatoms. The number of hydrogen-bond acceptors (Lipinski definition) is 3. The molecule has 5 nitrogen and oxygen atoms in total. The number of benzene rings is 2. The Labute approximate surface area is 147 Å². The van der Waals surface area contributed by atoms with E-state index in [-0.39, 0.29) is 23.5 Å². The Bertz CT molecular complexity index is 751. The molecule has 0 spiro atoms. The van der Waals surface area contributed by atoms with Gasteiger partial charge in [-0.25, -0.2) is 4.79 Å². The molecule has 2 N–H and O–H groups in total. The highest BCUT2D eigenvalue weighted by Crippen LogP contribution is 2.28. The molecule has 2 rings (SSSR count). The summed E-state index contributed by atoms with van der Waals surface area (Å²) in [7, 11) is 0. The van der Waals surface area contributed by atoms with E-state index < -0.39 is 5.97 Å². The molecule has 0 radical (unpaired) electrons. The highest BCUT2D eigenvalue weighted by molar-refractivity contribution is 5.94. The van der Waals surface area contributed by atoms with Crippen LogP contribution in [-0.2, 0) is 10.2 Å². The highest BCUT2D eigenvalue weighted by atomic mass is 16.5. The number of carboxylic acids is 1. The van der Waals surface area contributed by atoms with Gasteiger partial charge in [0.15, 0.2) is 6.61 Å². The second-order valence-corrected chi connectivity index (χ2v) is 6.48. The Balaban J connectivity index is 1.92. The summed E-state index contributed by atoms with van der Waals surface area (Å²) in [5, 5.41) is 11.6. The van der Waals surface area contributed by atoms with Gasteiger partial charge in [-0.3, -0.25) is 4.79 Å². The Morgan fingerprint density at radius 3 is 2.40 bits per heavy atom. The minimum Gasteiger partial charge on any atom is -0.484 e. The van der Waals surface area contributed by atoms with Crippen molar-refractivity contribution in [2.45, 2.75) is 32.6 Å². The number of anilines is 1. The van der Waals surface area contributed by atoms with Gasteiger partial charge < -0.3 is 15.2 Å². The molecule has 0 unspecified atom stereocenters. The minimum absolute atomic E-state index is 0.102. The van der Waals surface area contributed by atoms with Gasteiger partial charge in [-0.1, -0.05) is 39.0 Å². The molecular formula is C20H23NO4. The van der Waals surface area contributed by atoms with Crippen molar-refractivity contribution in [3.8, 4) is 5.75 Å². The molecule has 0 aromatic heterocycles. The molecule has 2 aromatic carbocycles. The van der Waals surface area contributed by atoms with Crippen LogP contribution in [0, 0.1) is 0 Å². The van der Waals surface area contributed by atoms with Crippen LogP contribution in [0.3, 0.4) is 0 Å². The van der Waals surface area contributed by atoms with E-state index in [4.69, 9.17) is 9.84 Å². The molecule has 0 fully saturated rings. The topological polar surface area (TPSA) is 75.6 Å². The number of ether oxygens (including phenoxy) is 1. The molecule has 1 amide bonds. The largest absolute Gasteiger partial charge is 0.484 e. The molecule has 0 bridgehead atoms. The van der Waals surface area contributed by atoms with E-state index in [0.29, 0.717) is 11.4 Å². The number of aromatic carboxylic acids is 1. The van der Waals surface area contributed by atoms with Crippen LogP contribution in [0.25, 0.3) is 0 Å². The Hall–Kier alpha value is -2.82. The molecule has 0 atom stereocenters. The molecular weight excluding hydrogens is 318 g/mol. The standard InChI is InChI=1S/C20H23NO4/c1-4-20(2,3)15-8-10-17(11-9-15)25-13-18(22)21-16-7-5-6-14(12-16)19(23)24/h5-12H,4,13H2,1-3H3,(H,21,22)(H,23,24). The molecule has 0 aliphatic heterocycles. The maximum absolute atomic E-state index is 12.0. The molecule has 0 aliphatic carbocycles. The van der Waals surface area contributed by atoms with Crippen molar-refractivity contribution in [2.75, 3.05) is 11.9 Å². The van der Waals surface area contributed by atoms with Crippen molar-refractivity contribution in [2.24, 2.45) is 0 Å². The lowest BCUT2D eigenvalue weighted by molar-refractivity contribution is -0.118. The molecule has 0 heterocycles. The van der Waals surface area contributed by atoms with E-state index in [9.17, 15) is 9.59 Å². The van der Waals surface area contributed by atoms with Gasteiger partial charge in [-0.15, -0.1) is 0 Å². The summed E-state index contributed by atoms with van der Waals surface area (Å²) in [5.74, 6) is -0.770. The van der Waals surface area contributed by atoms with E-state index in [1.165, 1.54) is 17.7 Å². The third-order valence-electron chi connectivity index (χ3n) is 4.28. The highest BCUT2D eigenvalue weighted by Gasteiger charge is 2.17. The fourth-order valence-electron chi connectivity index (χ4n) is 2.28. The van der Waals surface area contributed by atoms with Crippen LogP contribution in [0.15, 0.2) is 48.5 Å². The molecule has 25 heavy (non-hydrogen) atoms. The van der Waals surface area contributed by atoms with Gasteiger partial charge in [0.1, 0.15) is 5.75 Å². The predicted octanol–water partition coefficient (Wildman–Crippen LogP) is 4.09. The lowest BCUT2D eigenvalue weighted by Gasteiger charge is -2.23. The summed E-state index contributed by atoms with van der Waals surface area (Å²) < 4.78 is 5.49. The van der Waals surface area contributed by atoms with Crippen LogP contribution in [0.2, 0.25) is 0 Å². The summed E-state index contributed by atoms with van der Waals surface area (Å²) in [6.45, 7) is 6.37. The smallest absolute Gasteiger partial charge is 0.335 e. The van der Waals surface area contributed by atoms with Gasteiger partial charge in [0.05, 0.1) is 5.56 Å². The van der Waals surface area contributed by atoms with Gasteiger partial charge in [0.2, 0.25) is 0 Å². The fraction of sp³-hybridized carbons (Fsp3) is 0.300. The number of hydrogen-bond donors (Lipinski definition) is 2. The third-order valence-corrected chi connectivity index (χ3v) is 4.28.